The third-order valence-electron chi connectivity index (χ3n) is 2.05. The molecule has 3 heteroatoms. The zero-order valence-corrected chi connectivity index (χ0v) is 11.1. The van der Waals surface area contributed by atoms with Gasteiger partial charge in [-0.05, 0) is 30.9 Å². The maximum Gasteiger partial charge on any atom is 0.112 e. The Bertz CT molecular complexity index is 447. The quantitative estimate of drug-likeness (QED) is 0.755. The van der Waals surface area contributed by atoms with Gasteiger partial charge in [-0.2, -0.15) is 15.4 Å². The molecule has 0 unspecified atom stereocenters. The van der Waals surface area contributed by atoms with Gasteiger partial charge in [-0.15, -0.1) is 6.58 Å². The predicted molar refractivity (Wildman–Crippen MR) is 72.8 cm³/mol. The summed E-state index contributed by atoms with van der Waals surface area (Å²) in [6, 6.07) is 7.70. The van der Waals surface area contributed by atoms with Crippen LogP contribution in [0.2, 0.25) is 0 Å². The number of aromatic nitrogens is 3. The Labute approximate surface area is 103 Å². The summed E-state index contributed by atoms with van der Waals surface area (Å²) in [7, 11) is 0. The van der Waals surface area contributed by atoms with E-state index in [-0.39, 0.29) is 0 Å². The topological polar surface area (TPSA) is 41.6 Å². The van der Waals surface area contributed by atoms with E-state index in [9.17, 15) is 0 Å². The Morgan fingerprint density at radius 3 is 1.94 bits per heavy atom. The van der Waals surface area contributed by atoms with Crippen LogP contribution in [0.1, 0.15) is 34.1 Å². The van der Waals surface area contributed by atoms with E-state index >= 15 is 0 Å². The first-order valence-corrected chi connectivity index (χ1v) is 5.78. The number of nitrogens with one attached hydrogen (secondary N) is 1. The normalized spacial score (nSPS) is 10.8. The van der Waals surface area contributed by atoms with Crippen LogP contribution in [0.4, 0.5) is 0 Å². The molecule has 0 aliphatic rings. The van der Waals surface area contributed by atoms with Crippen LogP contribution in [0.25, 0.3) is 11.0 Å². The van der Waals surface area contributed by atoms with Gasteiger partial charge in [0.15, 0.2) is 0 Å². The average Bonchev–Trinajstić information content (AvgIpc) is 2.61. The molecule has 0 saturated carbocycles. The monoisotopic (exact) mass is 231 g/mol. The molecular formula is C14H21N3. The van der Waals surface area contributed by atoms with E-state index in [1.807, 2.05) is 24.3 Å². The molecule has 1 N–H and O–H groups in total. The van der Waals surface area contributed by atoms with Crippen molar-refractivity contribution in [1.29, 1.82) is 0 Å². The lowest BCUT2D eigenvalue weighted by Gasteiger charge is -2.17. The van der Waals surface area contributed by atoms with E-state index in [2.05, 4.69) is 49.7 Å². The summed E-state index contributed by atoms with van der Waals surface area (Å²) in [6.45, 7) is 12.6. The summed E-state index contributed by atoms with van der Waals surface area (Å²) >= 11 is 0. The van der Waals surface area contributed by atoms with Gasteiger partial charge >= 0.3 is 0 Å². The van der Waals surface area contributed by atoms with Gasteiger partial charge in [0, 0.05) is 0 Å². The Balaban J connectivity index is 0.000000172. The SMILES string of the molecule is C=C(C)CC(C)(C)C.c1ccc2n[nH]nc2c1. The molecule has 0 bridgehead atoms. The first kappa shape index (κ1) is 13.4. The number of para-hydroxylation sites is 2. The summed E-state index contributed by atoms with van der Waals surface area (Å²) in [5.74, 6) is 0. The van der Waals surface area contributed by atoms with Gasteiger partial charge in [0.1, 0.15) is 11.0 Å². The van der Waals surface area contributed by atoms with Gasteiger partial charge < -0.3 is 0 Å². The Hall–Kier alpha value is -1.64. The minimum absolute atomic E-state index is 0.422. The van der Waals surface area contributed by atoms with Crippen molar-refractivity contribution in [2.75, 3.05) is 0 Å². The molecule has 0 amide bonds. The Morgan fingerprint density at radius 2 is 1.65 bits per heavy atom. The van der Waals surface area contributed by atoms with Crippen LogP contribution in [0, 0.1) is 5.41 Å². The Morgan fingerprint density at radius 1 is 1.18 bits per heavy atom. The third-order valence-corrected chi connectivity index (χ3v) is 2.05. The van der Waals surface area contributed by atoms with Crippen LogP contribution in [-0.4, -0.2) is 15.4 Å². The van der Waals surface area contributed by atoms with Crippen molar-refractivity contribution in [3.05, 3.63) is 36.4 Å². The highest BCUT2D eigenvalue weighted by Gasteiger charge is 2.08. The second-order valence-corrected chi connectivity index (χ2v) is 5.51. The number of fused-ring (bicyclic) bond motifs is 1. The third kappa shape index (κ3) is 5.29. The van der Waals surface area contributed by atoms with Crippen LogP contribution in [0.15, 0.2) is 36.4 Å². The van der Waals surface area contributed by atoms with Crippen molar-refractivity contribution in [1.82, 2.24) is 15.4 Å². The molecule has 0 spiro atoms. The molecule has 2 aromatic rings. The second kappa shape index (κ2) is 5.62. The highest BCUT2D eigenvalue weighted by molar-refractivity contribution is 5.72. The second-order valence-electron chi connectivity index (χ2n) is 5.51. The van der Waals surface area contributed by atoms with Crippen LogP contribution >= 0.6 is 0 Å². The first-order chi connectivity index (χ1) is 7.88. The highest BCUT2D eigenvalue weighted by atomic mass is 15.3. The van der Waals surface area contributed by atoms with Gasteiger partial charge in [-0.3, -0.25) is 0 Å². The minimum Gasteiger partial charge on any atom is -0.197 e. The van der Waals surface area contributed by atoms with E-state index in [1.54, 1.807) is 0 Å². The van der Waals surface area contributed by atoms with E-state index in [0.717, 1.165) is 17.5 Å². The van der Waals surface area contributed by atoms with Crippen LogP contribution in [0.3, 0.4) is 0 Å². The number of hydrogen-bond acceptors (Lipinski definition) is 2. The van der Waals surface area contributed by atoms with E-state index in [4.69, 9.17) is 0 Å². The number of rotatable bonds is 1. The van der Waals surface area contributed by atoms with Crippen molar-refractivity contribution in [3.8, 4) is 0 Å². The summed E-state index contributed by atoms with van der Waals surface area (Å²) < 4.78 is 0. The maximum absolute atomic E-state index is 3.88. The summed E-state index contributed by atoms with van der Waals surface area (Å²) in [5, 5.41) is 10.3. The van der Waals surface area contributed by atoms with E-state index in [1.165, 1.54) is 5.57 Å². The van der Waals surface area contributed by atoms with Crippen molar-refractivity contribution >= 4 is 11.0 Å². The summed E-state index contributed by atoms with van der Waals surface area (Å²) in [5.41, 5.74) is 3.53. The van der Waals surface area contributed by atoms with E-state index < -0.39 is 0 Å². The van der Waals surface area contributed by atoms with Gasteiger partial charge in [-0.25, -0.2) is 0 Å². The van der Waals surface area contributed by atoms with Crippen molar-refractivity contribution in [2.24, 2.45) is 5.41 Å². The molecule has 0 saturated heterocycles. The molecule has 0 atom stereocenters. The number of allylic oxidation sites excluding steroid dienone is 1. The van der Waals surface area contributed by atoms with Gasteiger partial charge in [-0.1, -0.05) is 38.5 Å². The largest absolute Gasteiger partial charge is 0.197 e. The smallest absolute Gasteiger partial charge is 0.112 e. The fourth-order valence-corrected chi connectivity index (χ4v) is 1.69. The lowest BCUT2D eigenvalue weighted by atomic mass is 9.89. The van der Waals surface area contributed by atoms with Crippen molar-refractivity contribution in [2.45, 2.75) is 34.1 Å². The first-order valence-electron chi connectivity index (χ1n) is 5.78. The molecule has 0 fully saturated rings. The lowest BCUT2D eigenvalue weighted by Crippen LogP contribution is -2.03. The number of benzene rings is 1. The summed E-state index contributed by atoms with van der Waals surface area (Å²) in [4.78, 5) is 0. The number of nitrogens with zero attached hydrogens (tertiary/aromatic N) is 2. The average molecular weight is 231 g/mol. The molecule has 0 aliphatic heterocycles. The van der Waals surface area contributed by atoms with Crippen molar-refractivity contribution in [3.63, 3.8) is 0 Å². The fraction of sp³-hybridized carbons (Fsp3) is 0.429. The molecule has 1 aromatic carbocycles. The Kier molecular flexibility index (Phi) is 4.44. The molecule has 17 heavy (non-hydrogen) atoms. The fourth-order valence-electron chi connectivity index (χ4n) is 1.69. The van der Waals surface area contributed by atoms with Gasteiger partial charge in [0.2, 0.25) is 0 Å². The molecular weight excluding hydrogens is 210 g/mol. The van der Waals surface area contributed by atoms with Gasteiger partial charge in [0.25, 0.3) is 0 Å². The summed E-state index contributed by atoms with van der Waals surface area (Å²) in [6.07, 6.45) is 1.13. The number of aromatic amines is 1. The predicted octanol–water partition coefficient (Wildman–Crippen LogP) is 3.96. The highest BCUT2D eigenvalue weighted by Crippen LogP contribution is 2.22. The molecule has 2 rings (SSSR count). The number of H-pyrrole nitrogens is 1. The zero-order chi connectivity index (χ0) is 12.9. The van der Waals surface area contributed by atoms with Crippen LogP contribution in [0.5, 0.6) is 0 Å². The van der Waals surface area contributed by atoms with E-state index in [0.29, 0.717) is 5.41 Å². The van der Waals surface area contributed by atoms with Crippen LogP contribution < -0.4 is 0 Å². The zero-order valence-electron chi connectivity index (χ0n) is 11.1. The molecule has 0 radical (unpaired) electrons. The van der Waals surface area contributed by atoms with Gasteiger partial charge in [0.05, 0.1) is 0 Å². The molecule has 0 aliphatic carbocycles. The van der Waals surface area contributed by atoms with Crippen LogP contribution in [-0.2, 0) is 0 Å². The lowest BCUT2D eigenvalue weighted by molar-refractivity contribution is 0.410. The molecule has 3 nitrogen and oxygen atoms in total. The minimum atomic E-state index is 0.422. The molecule has 92 valence electrons. The standard InChI is InChI=1S/C8H16.C6H5N3/c1-7(2)6-8(3,4)5;1-2-4-6-5(3-1)7-9-8-6/h1,6H2,2-5H3;1-4H,(H,7,8,9). The molecule has 1 heterocycles. The number of hydrogen-bond donors (Lipinski definition) is 1. The molecule has 1 aromatic heterocycles. The van der Waals surface area contributed by atoms with Crippen molar-refractivity contribution < 1.29 is 0 Å². The maximum atomic E-state index is 3.88.